The summed E-state index contributed by atoms with van der Waals surface area (Å²) in [6.07, 6.45) is 51.5. The molecule has 0 saturated carbocycles. The maximum Gasteiger partial charge on any atom is 0.307 e. The number of carbonyl (C=O) groups is 1. The van der Waals surface area contributed by atoms with E-state index >= 15 is 0 Å². The van der Waals surface area contributed by atoms with Crippen molar-refractivity contribution in [2.24, 2.45) is 5.92 Å². The Morgan fingerprint density at radius 3 is 1.30 bits per heavy atom. The Kier molecular flexibility index (Phi) is 37.0. The first-order valence-electron chi connectivity index (χ1n) is 20.3. The number of nitrogens with zero attached hydrogens (tertiary/aromatic N) is 1. The number of ether oxygens (including phenoxy) is 1. The quantitative estimate of drug-likeness (QED) is 0.0386. The van der Waals surface area contributed by atoms with Crippen LogP contribution in [0.1, 0.15) is 200 Å². The standard InChI is InChI=1S/C43H81NO2/c1-5-7-9-11-13-15-17-19-21-23-25-27-29-31-33-35-37-42(41-46-43(45)39-40-44(3)4)38-36-34-32-30-28-26-24-22-20-18-16-14-12-10-8-6-2/h13-16,19,21,42H,5-12,17-18,20,22-41H2,1-4H3. The summed E-state index contributed by atoms with van der Waals surface area (Å²) in [6.45, 7) is 5.93. The number of hydrogen-bond donors (Lipinski definition) is 0. The van der Waals surface area contributed by atoms with E-state index in [1.54, 1.807) is 0 Å². The van der Waals surface area contributed by atoms with E-state index < -0.39 is 0 Å². The summed E-state index contributed by atoms with van der Waals surface area (Å²) in [7, 11) is 4.02. The number of allylic oxidation sites excluding steroid dienone is 6. The SMILES string of the molecule is CCCCCC=CCC=CCCCCCCCCC(CCCCCCCCCCCC=CCCCCC)COC(=O)CCN(C)C. The molecule has 0 radical (unpaired) electrons. The first-order chi connectivity index (χ1) is 22.6. The summed E-state index contributed by atoms with van der Waals surface area (Å²) in [5.41, 5.74) is 0. The topological polar surface area (TPSA) is 29.5 Å². The van der Waals surface area contributed by atoms with E-state index in [1.807, 2.05) is 14.1 Å². The van der Waals surface area contributed by atoms with Gasteiger partial charge in [0, 0.05) is 6.54 Å². The molecule has 0 aliphatic heterocycles. The minimum atomic E-state index is -0.0289. The highest BCUT2D eigenvalue weighted by atomic mass is 16.5. The fraction of sp³-hybridized carbons (Fsp3) is 0.837. The van der Waals surface area contributed by atoms with Crippen LogP contribution in [0.3, 0.4) is 0 Å². The van der Waals surface area contributed by atoms with Crippen LogP contribution >= 0.6 is 0 Å². The second-order valence-corrected chi connectivity index (χ2v) is 14.2. The lowest BCUT2D eigenvalue weighted by molar-refractivity contribution is -0.145. The number of hydrogen-bond acceptors (Lipinski definition) is 3. The summed E-state index contributed by atoms with van der Waals surface area (Å²) >= 11 is 0. The zero-order chi connectivity index (χ0) is 33.6. The third-order valence-corrected chi connectivity index (χ3v) is 9.18. The minimum absolute atomic E-state index is 0.0289. The van der Waals surface area contributed by atoms with E-state index in [4.69, 9.17) is 4.74 Å². The van der Waals surface area contributed by atoms with Gasteiger partial charge in [-0.2, -0.15) is 0 Å². The van der Waals surface area contributed by atoms with Gasteiger partial charge in [-0.15, -0.1) is 0 Å². The highest BCUT2D eigenvalue weighted by Gasteiger charge is 2.12. The molecule has 0 rings (SSSR count). The molecule has 3 heteroatoms. The van der Waals surface area contributed by atoms with E-state index in [9.17, 15) is 4.79 Å². The Morgan fingerprint density at radius 1 is 0.522 bits per heavy atom. The fourth-order valence-corrected chi connectivity index (χ4v) is 6.01. The summed E-state index contributed by atoms with van der Waals surface area (Å²) in [4.78, 5) is 14.3. The van der Waals surface area contributed by atoms with Crippen LogP contribution in [0.2, 0.25) is 0 Å². The molecule has 0 amide bonds. The van der Waals surface area contributed by atoms with Crippen LogP contribution in [0.25, 0.3) is 0 Å². The molecule has 0 fully saturated rings. The van der Waals surface area contributed by atoms with Crippen LogP contribution < -0.4 is 0 Å². The van der Waals surface area contributed by atoms with Crippen molar-refractivity contribution in [1.29, 1.82) is 0 Å². The van der Waals surface area contributed by atoms with Crippen molar-refractivity contribution in [1.82, 2.24) is 4.90 Å². The molecule has 0 bridgehead atoms. The molecule has 270 valence electrons. The van der Waals surface area contributed by atoms with E-state index in [0.717, 1.165) is 13.0 Å². The highest BCUT2D eigenvalue weighted by Crippen LogP contribution is 2.20. The molecule has 0 heterocycles. The van der Waals surface area contributed by atoms with E-state index in [1.165, 1.54) is 173 Å². The zero-order valence-electron chi connectivity index (χ0n) is 31.7. The molecular weight excluding hydrogens is 562 g/mol. The first-order valence-corrected chi connectivity index (χ1v) is 20.3. The predicted octanol–water partition coefficient (Wildman–Crippen LogP) is 13.7. The lowest BCUT2D eigenvalue weighted by Crippen LogP contribution is -2.20. The van der Waals surface area contributed by atoms with Crippen molar-refractivity contribution in [3.8, 4) is 0 Å². The van der Waals surface area contributed by atoms with Gasteiger partial charge >= 0.3 is 5.97 Å². The Labute approximate surface area is 289 Å². The molecule has 0 aromatic carbocycles. The first kappa shape index (κ1) is 44.6. The largest absolute Gasteiger partial charge is 0.465 e. The van der Waals surface area contributed by atoms with Gasteiger partial charge in [0.15, 0.2) is 0 Å². The van der Waals surface area contributed by atoms with E-state index in [-0.39, 0.29) is 5.97 Å². The van der Waals surface area contributed by atoms with Crippen molar-refractivity contribution in [3.05, 3.63) is 36.5 Å². The van der Waals surface area contributed by atoms with Crippen LogP contribution in [0, 0.1) is 5.92 Å². The number of unbranched alkanes of at least 4 members (excludes halogenated alkanes) is 21. The molecule has 0 saturated heterocycles. The van der Waals surface area contributed by atoms with Crippen molar-refractivity contribution in [3.63, 3.8) is 0 Å². The molecule has 1 atom stereocenters. The van der Waals surface area contributed by atoms with Crippen LogP contribution in [0.4, 0.5) is 0 Å². The van der Waals surface area contributed by atoms with E-state index in [2.05, 4.69) is 55.2 Å². The summed E-state index contributed by atoms with van der Waals surface area (Å²) in [5.74, 6) is 0.508. The predicted molar refractivity (Wildman–Crippen MR) is 206 cm³/mol. The van der Waals surface area contributed by atoms with Crippen LogP contribution in [-0.2, 0) is 9.53 Å². The third-order valence-electron chi connectivity index (χ3n) is 9.18. The minimum Gasteiger partial charge on any atom is -0.465 e. The molecule has 3 nitrogen and oxygen atoms in total. The second kappa shape index (κ2) is 38.1. The molecule has 1 unspecified atom stereocenters. The maximum atomic E-state index is 12.2. The molecule has 0 aliphatic carbocycles. The van der Waals surface area contributed by atoms with Crippen molar-refractivity contribution in [2.45, 2.75) is 200 Å². The lowest BCUT2D eigenvalue weighted by atomic mass is 9.94. The molecule has 0 aromatic rings. The molecule has 46 heavy (non-hydrogen) atoms. The van der Waals surface area contributed by atoms with Gasteiger partial charge < -0.3 is 9.64 Å². The van der Waals surface area contributed by atoms with Gasteiger partial charge in [0.25, 0.3) is 0 Å². The molecular formula is C43H81NO2. The molecule has 0 N–H and O–H groups in total. The Balaban J connectivity index is 3.95. The summed E-state index contributed by atoms with van der Waals surface area (Å²) in [6, 6.07) is 0. The van der Waals surface area contributed by atoms with Gasteiger partial charge in [-0.25, -0.2) is 0 Å². The summed E-state index contributed by atoms with van der Waals surface area (Å²) < 4.78 is 5.73. The van der Waals surface area contributed by atoms with Gasteiger partial charge in [-0.3, -0.25) is 4.79 Å². The smallest absolute Gasteiger partial charge is 0.307 e. The van der Waals surface area contributed by atoms with Crippen molar-refractivity contribution < 1.29 is 9.53 Å². The monoisotopic (exact) mass is 644 g/mol. The lowest BCUT2D eigenvalue weighted by Gasteiger charge is -2.18. The molecule has 0 spiro atoms. The average Bonchev–Trinajstić information content (AvgIpc) is 3.05. The Morgan fingerprint density at radius 2 is 0.891 bits per heavy atom. The molecule has 0 aromatic heterocycles. The normalized spacial score (nSPS) is 12.8. The fourth-order valence-electron chi connectivity index (χ4n) is 6.01. The number of rotatable bonds is 36. The molecule has 0 aliphatic rings. The van der Waals surface area contributed by atoms with Crippen LogP contribution in [-0.4, -0.2) is 38.1 Å². The summed E-state index contributed by atoms with van der Waals surface area (Å²) in [5, 5.41) is 0. The zero-order valence-corrected chi connectivity index (χ0v) is 31.7. The van der Waals surface area contributed by atoms with Gasteiger partial charge in [0.05, 0.1) is 13.0 Å². The Hall–Kier alpha value is -1.35. The Bertz CT molecular complexity index is 695. The number of carbonyl (C=O) groups excluding carboxylic acids is 1. The van der Waals surface area contributed by atoms with Crippen molar-refractivity contribution >= 4 is 5.97 Å². The van der Waals surface area contributed by atoms with Gasteiger partial charge in [-0.1, -0.05) is 159 Å². The maximum absolute atomic E-state index is 12.2. The second-order valence-electron chi connectivity index (χ2n) is 14.2. The number of esters is 1. The average molecular weight is 644 g/mol. The third kappa shape index (κ3) is 37.1. The van der Waals surface area contributed by atoms with Gasteiger partial charge in [0.1, 0.15) is 0 Å². The van der Waals surface area contributed by atoms with Crippen LogP contribution in [0.5, 0.6) is 0 Å². The van der Waals surface area contributed by atoms with E-state index in [0.29, 0.717) is 18.9 Å². The van der Waals surface area contributed by atoms with Crippen LogP contribution in [0.15, 0.2) is 36.5 Å². The van der Waals surface area contributed by atoms with Crippen molar-refractivity contribution in [2.75, 3.05) is 27.2 Å². The van der Waals surface area contributed by atoms with Gasteiger partial charge in [0.2, 0.25) is 0 Å². The van der Waals surface area contributed by atoms with Gasteiger partial charge in [-0.05, 0) is 90.6 Å². The highest BCUT2D eigenvalue weighted by molar-refractivity contribution is 5.69.